The molecule has 0 heterocycles. The number of nitrogens with one attached hydrogen (secondary N) is 1. The molecule has 0 radical (unpaired) electrons. The zero-order valence-corrected chi connectivity index (χ0v) is 13.0. The predicted molar refractivity (Wildman–Crippen MR) is 86.4 cm³/mol. The van der Waals surface area contributed by atoms with Gasteiger partial charge in [0.1, 0.15) is 5.75 Å². The summed E-state index contributed by atoms with van der Waals surface area (Å²) in [5.74, 6) is 0.604. The predicted octanol–water partition coefficient (Wildman–Crippen LogP) is 4.57. The molecule has 21 heavy (non-hydrogen) atoms. The molecule has 1 amide bonds. The molecular formula is C16H15Cl2NO2. The minimum Gasteiger partial charge on any atom is -0.494 e. The van der Waals surface area contributed by atoms with E-state index in [1.54, 1.807) is 24.3 Å². The molecule has 5 heteroatoms. The number of hydrogen-bond acceptors (Lipinski definition) is 2. The first kappa shape index (κ1) is 15.7. The Morgan fingerprint density at radius 3 is 2.67 bits per heavy atom. The Morgan fingerprint density at radius 2 is 1.95 bits per heavy atom. The molecule has 0 unspecified atom stereocenters. The van der Waals surface area contributed by atoms with E-state index in [9.17, 15) is 4.79 Å². The highest BCUT2D eigenvalue weighted by atomic mass is 35.5. The molecule has 0 fully saturated rings. The van der Waals surface area contributed by atoms with Crippen molar-refractivity contribution in [1.29, 1.82) is 0 Å². The van der Waals surface area contributed by atoms with Gasteiger partial charge in [-0.1, -0.05) is 35.3 Å². The minimum atomic E-state index is -0.123. The Hall–Kier alpha value is -1.71. The monoisotopic (exact) mass is 323 g/mol. The second-order valence-electron chi connectivity index (χ2n) is 4.43. The summed E-state index contributed by atoms with van der Waals surface area (Å²) >= 11 is 11.8. The first-order valence-electron chi connectivity index (χ1n) is 6.55. The van der Waals surface area contributed by atoms with Crippen molar-refractivity contribution < 1.29 is 9.53 Å². The van der Waals surface area contributed by atoms with Crippen molar-refractivity contribution in [1.82, 2.24) is 0 Å². The van der Waals surface area contributed by atoms with Crippen molar-refractivity contribution in [3.05, 3.63) is 58.1 Å². The summed E-state index contributed by atoms with van der Waals surface area (Å²) in [5, 5.41) is 3.75. The summed E-state index contributed by atoms with van der Waals surface area (Å²) < 4.78 is 5.39. The number of anilines is 1. The lowest BCUT2D eigenvalue weighted by Gasteiger charge is -2.08. The lowest BCUT2D eigenvalue weighted by molar-refractivity contribution is -0.115. The molecule has 110 valence electrons. The van der Waals surface area contributed by atoms with Gasteiger partial charge in [0.05, 0.1) is 23.1 Å². The van der Waals surface area contributed by atoms with Gasteiger partial charge < -0.3 is 10.1 Å². The number of benzene rings is 2. The molecule has 0 bridgehead atoms. The maximum atomic E-state index is 12.0. The fourth-order valence-electron chi connectivity index (χ4n) is 1.87. The highest BCUT2D eigenvalue weighted by molar-refractivity contribution is 6.42. The SMILES string of the molecule is CCOc1cccc(NC(=O)Cc2ccc(Cl)c(Cl)c2)c1. The standard InChI is InChI=1S/C16H15Cl2NO2/c1-2-21-13-5-3-4-12(10-13)19-16(20)9-11-6-7-14(17)15(18)8-11/h3-8,10H,2,9H2,1H3,(H,19,20). The van der Waals surface area contributed by atoms with Crippen LogP contribution < -0.4 is 10.1 Å². The molecule has 2 aromatic rings. The molecule has 2 rings (SSSR count). The highest BCUT2D eigenvalue weighted by Gasteiger charge is 2.07. The molecule has 2 aromatic carbocycles. The topological polar surface area (TPSA) is 38.3 Å². The van der Waals surface area contributed by atoms with Crippen LogP contribution in [-0.2, 0) is 11.2 Å². The zero-order valence-electron chi connectivity index (χ0n) is 11.5. The molecule has 0 atom stereocenters. The summed E-state index contributed by atoms with van der Waals surface area (Å²) in [7, 11) is 0. The van der Waals surface area contributed by atoms with Crippen LogP contribution in [0.15, 0.2) is 42.5 Å². The third-order valence-corrected chi connectivity index (χ3v) is 3.52. The van der Waals surface area contributed by atoms with Crippen LogP contribution in [0.2, 0.25) is 10.0 Å². The van der Waals surface area contributed by atoms with E-state index in [0.29, 0.717) is 22.3 Å². The number of carbonyl (C=O) groups is 1. The van der Waals surface area contributed by atoms with Gasteiger partial charge in [0.2, 0.25) is 5.91 Å². The third-order valence-electron chi connectivity index (χ3n) is 2.78. The van der Waals surface area contributed by atoms with Gasteiger partial charge in [0.15, 0.2) is 0 Å². The van der Waals surface area contributed by atoms with Gasteiger partial charge in [0.25, 0.3) is 0 Å². The summed E-state index contributed by atoms with van der Waals surface area (Å²) in [5.41, 5.74) is 1.51. The Morgan fingerprint density at radius 1 is 1.14 bits per heavy atom. The van der Waals surface area contributed by atoms with Crippen LogP contribution >= 0.6 is 23.2 Å². The van der Waals surface area contributed by atoms with Crippen LogP contribution in [-0.4, -0.2) is 12.5 Å². The van der Waals surface area contributed by atoms with Crippen LogP contribution in [0.3, 0.4) is 0 Å². The zero-order chi connectivity index (χ0) is 15.2. The third kappa shape index (κ3) is 4.66. The minimum absolute atomic E-state index is 0.123. The second kappa shape index (κ2) is 7.34. The largest absolute Gasteiger partial charge is 0.494 e. The summed E-state index contributed by atoms with van der Waals surface area (Å²) in [6.45, 7) is 2.50. The second-order valence-corrected chi connectivity index (χ2v) is 5.25. The normalized spacial score (nSPS) is 10.2. The smallest absolute Gasteiger partial charge is 0.228 e. The molecule has 0 aliphatic heterocycles. The fourth-order valence-corrected chi connectivity index (χ4v) is 2.19. The molecule has 3 nitrogen and oxygen atoms in total. The number of ether oxygens (including phenoxy) is 1. The number of hydrogen-bond donors (Lipinski definition) is 1. The van der Waals surface area contributed by atoms with E-state index in [1.807, 2.05) is 25.1 Å². The molecule has 1 N–H and O–H groups in total. The number of rotatable bonds is 5. The molecule has 0 aromatic heterocycles. The molecule has 0 saturated carbocycles. The van der Waals surface area contributed by atoms with Crippen molar-refractivity contribution in [2.75, 3.05) is 11.9 Å². The van der Waals surface area contributed by atoms with Crippen molar-refractivity contribution >= 4 is 34.8 Å². The maximum Gasteiger partial charge on any atom is 0.228 e. The Labute approximate surface area is 133 Å². The van der Waals surface area contributed by atoms with E-state index < -0.39 is 0 Å². The van der Waals surface area contributed by atoms with Crippen LogP contribution in [0.25, 0.3) is 0 Å². The summed E-state index contributed by atoms with van der Waals surface area (Å²) in [6.07, 6.45) is 0.232. The Balaban J connectivity index is 2.01. The first-order chi connectivity index (χ1) is 10.1. The van der Waals surface area contributed by atoms with Crippen LogP contribution in [0, 0.1) is 0 Å². The Kier molecular flexibility index (Phi) is 5.48. The number of amides is 1. The summed E-state index contributed by atoms with van der Waals surface area (Å²) in [6, 6.07) is 12.4. The fraction of sp³-hybridized carbons (Fsp3) is 0.188. The van der Waals surface area contributed by atoms with Gasteiger partial charge in [-0.2, -0.15) is 0 Å². The van der Waals surface area contributed by atoms with Crippen molar-refractivity contribution in [2.45, 2.75) is 13.3 Å². The quantitative estimate of drug-likeness (QED) is 0.875. The molecule has 0 saturated heterocycles. The van der Waals surface area contributed by atoms with Crippen LogP contribution in [0.4, 0.5) is 5.69 Å². The Bertz CT molecular complexity index is 644. The molecule has 0 spiro atoms. The number of halogens is 2. The lowest BCUT2D eigenvalue weighted by Crippen LogP contribution is -2.14. The summed E-state index contributed by atoms with van der Waals surface area (Å²) in [4.78, 5) is 12.0. The average Bonchev–Trinajstić information content (AvgIpc) is 2.43. The van der Waals surface area contributed by atoms with Gasteiger partial charge >= 0.3 is 0 Å². The molecule has 0 aliphatic rings. The number of carbonyl (C=O) groups excluding carboxylic acids is 1. The van der Waals surface area contributed by atoms with Crippen molar-refractivity contribution in [3.8, 4) is 5.75 Å². The first-order valence-corrected chi connectivity index (χ1v) is 7.30. The van der Waals surface area contributed by atoms with Gasteiger partial charge in [-0.3, -0.25) is 4.79 Å². The van der Waals surface area contributed by atoms with Crippen molar-refractivity contribution in [3.63, 3.8) is 0 Å². The van der Waals surface area contributed by atoms with E-state index in [0.717, 1.165) is 11.3 Å². The van der Waals surface area contributed by atoms with Crippen LogP contribution in [0.1, 0.15) is 12.5 Å². The highest BCUT2D eigenvalue weighted by Crippen LogP contribution is 2.23. The van der Waals surface area contributed by atoms with E-state index >= 15 is 0 Å². The van der Waals surface area contributed by atoms with E-state index in [-0.39, 0.29) is 12.3 Å². The average molecular weight is 324 g/mol. The van der Waals surface area contributed by atoms with Crippen LogP contribution in [0.5, 0.6) is 5.75 Å². The van der Waals surface area contributed by atoms with E-state index in [4.69, 9.17) is 27.9 Å². The van der Waals surface area contributed by atoms with Gasteiger partial charge in [-0.25, -0.2) is 0 Å². The van der Waals surface area contributed by atoms with Gasteiger partial charge in [0, 0.05) is 11.8 Å². The molecular weight excluding hydrogens is 309 g/mol. The molecule has 0 aliphatic carbocycles. The maximum absolute atomic E-state index is 12.0. The van der Waals surface area contributed by atoms with E-state index in [2.05, 4.69) is 5.32 Å². The van der Waals surface area contributed by atoms with Gasteiger partial charge in [-0.15, -0.1) is 0 Å². The van der Waals surface area contributed by atoms with Gasteiger partial charge in [-0.05, 0) is 36.8 Å². The van der Waals surface area contributed by atoms with E-state index in [1.165, 1.54) is 0 Å². The van der Waals surface area contributed by atoms with Crippen molar-refractivity contribution in [2.24, 2.45) is 0 Å². The lowest BCUT2D eigenvalue weighted by atomic mass is 10.1.